The van der Waals surface area contributed by atoms with E-state index in [9.17, 15) is 23.3 Å². The molecule has 0 atom stereocenters. The molecule has 2 amide bonds. The summed E-state index contributed by atoms with van der Waals surface area (Å²) in [6, 6.07) is 27.5. The van der Waals surface area contributed by atoms with Gasteiger partial charge in [-0.15, -0.1) is 0 Å². The first-order chi connectivity index (χ1) is 18.7. The Hall–Kier alpha value is -4.45. The summed E-state index contributed by atoms with van der Waals surface area (Å²) in [5, 5.41) is 13.8. The summed E-state index contributed by atoms with van der Waals surface area (Å²) in [7, 11) is -4.13. The van der Waals surface area contributed by atoms with Crippen LogP contribution in [0.3, 0.4) is 0 Å². The first-order valence-electron chi connectivity index (χ1n) is 11.6. The maximum absolute atomic E-state index is 13.2. The number of hydrogen-bond donors (Lipinski definition) is 2. The molecular formula is C27H23ClN4O6S. The maximum atomic E-state index is 13.2. The van der Waals surface area contributed by atoms with E-state index in [0.717, 1.165) is 12.1 Å². The Labute approximate surface area is 230 Å². The number of benzene rings is 4. The Morgan fingerprint density at radius 3 is 2.15 bits per heavy atom. The third-order valence-electron chi connectivity index (χ3n) is 5.45. The Morgan fingerprint density at radius 2 is 1.51 bits per heavy atom. The van der Waals surface area contributed by atoms with Crippen LogP contribution in [-0.4, -0.2) is 32.5 Å². The van der Waals surface area contributed by atoms with E-state index in [1.807, 2.05) is 36.4 Å². The number of nitro groups is 1. The molecule has 4 rings (SSSR count). The molecule has 0 heterocycles. The van der Waals surface area contributed by atoms with Crippen LogP contribution in [0, 0.1) is 10.1 Å². The molecule has 4 aromatic rings. The molecule has 0 radical (unpaired) electrons. The number of sulfonamides is 1. The molecule has 0 aliphatic heterocycles. The number of carbonyl (C=O) groups excluding carboxylic acids is 1. The minimum absolute atomic E-state index is 0.0491. The van der Waals surface area contributed by atoms with Gasteiger partial charge in [0.25, 0.3) is 5.69 Å². The van der Waals surface area contributed by atoms with Crippen LogP contribution in [-0.2, 0) is 10.0 Å². The van der Waals surface area contributed by atoms with Gasteiger partial charge in [-0.25, -0.2) is 17.9 Å². The highest BCUT2D eigenvalue weighted by atomic mass is 35.5. The minimum atomic E-state index is -4.13. The van der Waals surface area contributed by atoms with Crippen molar-refractivity contribution in [1.82, 2.24) is 4.72 Å². The summed E-state index contributed by atoms with van der Waals surface area (Å²) in [4.78, 5) is 24.6. The van der Waals surface area contributed by atoms with E-state index in [2.05, 4.69) is 10.0 Å². The number of nitro benzene ring substituents is 1. The highest BCUT2D eigenvalue weighted by molar-refractivity contribution is 7.89. The number of ether oxygens (including phenoxy) is 1. The second-order valence-corrected chi connectivity index (χ2v) is 10.3. The Bertz CT molecular complexity index is 1550. The lowest BCUT2D eigenvalue weighted by Gasteiger charge is -2.24. The first kappa shape index (κ1) is 27.6. The highest BCUT2D eigenvalue weighted by Crippen LogP contribution is 2.27. The fraction of sp³-hybridized carbons (Fsp3) is 0.0741. The molecule has 0 aromatic heterocycles. The van der Waals surface area contributed by atoms with Gasteiger partial charge in [-0.3, -0.25) is 15.0 Å². The fourth-order valence-electron chi connectivity index (χ4n) is 3.55. The molecule has 0 unspecified atom stereocenters. The van der Waals surface area contributed by atoms with E-state index in [1.165, 1.54) is 11.0 Å². The zero-order chi connectivity index (χ0) is 27.8. The van der Waals surface area contributed by atoms with Crippen LogP contribution in [0.15, 0.2) is 108 Å². The van der Waals surface area contributed by atoms with E-state index >= 15 is 0 Å². The molecule has 0 bridgehead atoms. The molecule has 10 nitrogen and oxygen atoms in total. The van der Waals surface area contributed by atoms with E-state index in [1.54, 1.807) is 48.5 Å². The summed E-state index contributed by atoms with van der Waals surface area (Å²) in [5.74, 6) is 1.21. The van der Waals surface area contributed by atoms with E-state index in [0.29, 0.717) is 22.9 Å². The molecule has 0 aliphatic carbocycles. The number of urea groups is 1. The van der Waals surface area contributed by atoms with Crippen molar-refractivity contribution < 1.29 is 22.9 Å². The largest absolute Gasteiger partial charge is 0.457 e. The summed E-state index contributed by atoms with van der Waals surface area (Å²) >= 11 is 5.80. The molecule has 0 saturated heterocycles. The number of hydrogen-bond acceptors (Lipinski definition) is 6. The van der Waals surface area contributed by atoms with Crippen molar-refractivity contribution in [2.24, 2.45) is 0 Å². The van der Waals surface area contributed by atoms with Gasteiger partial charge in [0.1, 0.15) is 16.5 Å². The zero-order valence-electron chi connectivity index (χ0n) is 20.4. The van der Waals surface area contributed by atoms with Crippen LogP contribution < -0.4 is 19.7 Å². The third kappa shape index (κ3) is 7.32. The lowest BCUT2D eigenvalue weighted by molar-refractivity contribution is -0.384. The van der Waals surface area contributed by atoms with Crippen molar-refractivity contribution in [3.8, 4) is 11.5 Å². The fourth-order valence-corrected chi connectivity index (χ4v) is 4.78. The average molecular weight is 567 g/mol. The standard InChI is InChI=1S/C27H23ClN4O6S/c28-25-16-15-24(19-26(25)32(34)35)39(36,37)29-17-18-31(27(33)30-20-7-3-1-4-8-20)21-11-13-23(14-12-21)38-22-9-5-2-6-10-22/h1-16,19,29H,17-18H2,(H,30,33). The molecule has 39 heavy (non-hydrogen) atoms. The van der Waals surface area contributed by atoms with Crippen molar-refractivity contribution in [2.45, 2.75) is 4.90 Å². The molecule has 0 spiro atoms. The van der Waals surface area contributed by atoms with Gasteiger partial charge in [-0.05, 0) is 60.7 Å². The number of anilines is 2. The smallest absolute Gasteiger partial charge is 0.326 e. The van der Waals surface area contributed by atoms with Gasteiger partial charge in [-0.1, -0.05) is 48.0 Å². The van der Waals surface area contributed by atoms with Gasteiger partial charge in [0, 0.05) is 30.5 Å². The van der Waals surface area contributed by atoms with E-state index in [4.69, 9.17) is 16.3 Å². The van der Waals surface area contributed by atoms with Crippen LogP contribution in [0.2, 0.25) is 5.02 Å². The van der Waals surface area contributed by atoms with Crippen molar-refractivity contribution in [2.75, 3.05) is 23.3 Å². The molecule has 0 saturated carbocycles. The summed E-state index contributed by atoms with van der Waals surface area (Å²) in [5.41, 5.74) is 0.525. The summed E-state index contributed by atoms with van der Waals surface area (Å²) < 4.78 is 33.8. The summed E-state index contributed by atoms with van der Waals surface area (Å²) in [6.45, 7) is -0.226. The normalized spacial score (nSPS) is 11.0. The lowest BCUT2D eigenvalue weighted by atomic mass is 10.2. The molecule has 2 N–H and O–H groups in total. The van der Waals surface area contributed by atoms with Gasteiger partial charge in [0.2, 0.25) is 10.0 Å². The third-order valence-corrected chi connectivity index (χ3v) is 7.23. The number of para-hydroxylation sites is 2. The van der Waals surface area contributed by atoms with Gasteiger partial charge in [-0.2, -0.15) is 0 Å². The quantitative estimate of drug-likeness (QED) is 0.177. The van der Waals surface area contributed by atoms with Crippen molar-refractivity contribution in [3.63, 3.8) is 0 Å². The minimum Gasteiger partial charge on any atom is -0.457 e. The van der Waals surface area contributed by atoms with Gasteiger partial charge < -0.3 is 10.1 Å². The molecule has 4 aromatic carbocycles. The molecule has 0 fully saturated rings. The van der Waals surface area contributed by atoms with Crippen LogP contribution in [0.25, 0.3) is 0 Å². The van der Waals surface area contributed by atoms with Gasteiger partial charge in [0.05, 0.1) is 9.82 Å². The first-order valence-corrected chi connectivity index (χ1v) is 13.5. The van der Waals surface area contributed by atoms with Crippen molar-refractivity contribution >= 4 is 44.7 Å². The Balaban J connectivity index is 1.51. The summed E-state index contributed by atoms with van der Waals surface area (Å²) in [6.07, 6.45) is 0. The second-order valence-electron chi connectivity index (χ2n) is 8.12. The molecular weight excluding hydrogens is 544 g/mol. The van der Waals surface area contributed by atoms with Crippen LogP contribution in [0.1, 0.15) is 0 Å². The molecule has 0 aliphatic rings. The van der Waals surface area contributed by atoms with Crippen molar-refractivity contribution in [3.05, 3.63) is 118 Å². The van der Waals surface area contributed by atoms with Crippen LogP contribution in [0.5, 0.6) is 11.5 Å². The lowest BCUT2D eigenvalue weighted by Crippen LogP contribution is -2.41. The van der Waals surface area contributed by atoms with Crippen LogP contribution in [0.4, 0.5) is 21.9 Å². The number of nitrogens with zero attached hydrogens (tertiary/aromatic N) is 2. The van der Waals surface area contributed by atoms with Gasteiger partial charge >= 0.3 is 6.03 Å². The van der Waals surface area contributed by atoms with Crippen molar-refractivity contribution in [1.29, 1.82) is 0 Å². The van der Waals surface area contributed by atoms with Crippen LogP contribution >= 0.6 is 11.6 Å². The van der Waals surface area contributed by atoms with E-state index in [-0.39, 0.29) is 23.0 Å². The highest BCUT2D eigenvalue weighted by Gasteiger charge is 2.22. The van der Waals surface area contributed by atoms with E-state index < -0.39 is 26.7 Å². The molecule has 12 heteroatoms. The number of nitrogens with one attached hydrogen (secondary N) is 2. The zero-order valence-corrected chi connectivity index (χ0v) is 21.9. The van der Waals surface area contributed by atoms with Gasteiger partial charge in [0.15, 0.2) is 0 Å². The monoisotopic (exact) mass is 566 g/mol. The predicted octanol–water partition coefficient (Wildman–Crippen LogP) is 6.06. The number of rotatable bonds is 10. The second kappa shape index (κ2) is 12.4. The number of amides is 2. The topological polar surface area (TPSA) is 131 Å². The number of carbonyl (C=O) groups is 1. The predicted molar refractivity (Wildman–Crippen MR) is 149 cm³/mol. The number of halogens is 1. The Kier molecular flexibility index (Phi) is 8.77. The average Bonchev–Trinajstić information content (AvgIpc) is 2.93. The molecule has 200 valence electrons. The maximum Gasteiger partial charge on any atom is 0.326 e. The SMILES string of the molecule is O=C(Nc1ccccc1)N(CCNS(=O)(=O)c1ccc(Cl)c([N+](=O)[O-])c1)c1ccc(Oc2ccccc2)cc1. The Morgan fingerprint density at radius 1 is 0.897 bits per heavy atom.